The van der Waals surface area contributed by atoms with Gasteiger partial charge in [0.05, 0.1) is 11.3 Å². The summed E-state index contributed by atoms with van der Waals surface area (Å²) in [6.07, 6.45) is -10.1. The van der Waals surface area contributed by atoms with Crippen molar-refractivity contribution in [1.29, 1.82) is 0 Å². The normalized spacial score (nSPS) is 15.6. The molecule has 1 amide bonds. The molecule has 12 heteroatoms. The highest BCUT2D eigenvalue weighted by molar-refractivity contribution is 7.90. The molecule has 0 atom stereocenters. The third kappa shape index (κ3) is 4.92. The van der Waals surface area contributed by atoms with Crippen LogP contribution in [0.2, 0.25) is 0 Å². The molecule has 0 saturated heterocycles. The second-order valence-electron chi connectivity index (χ2n) is 8.14. The fraction of sp³-hybridized carbons (Fsp3) is 0.409. The van der Waals surface area contributed by atoms with Crippen molar-refractivity contribution in [2.75, 3.05) is 17.7 Å². The molecule has 34 heavy (non-hydrogen) atoms. The van der Waals surface area contributed by atoms with E-state index in [1.807, 2.05) is 0 Å². The van der Waals surface area contributed by atoms with Crippen molar-refractivity contribution in [2.24, 2.45) is 0 Å². The zero-order valence-corrected chi connectivity index (χ0v) is 18.7. The fourth-order valence-corrected chi connectivity index (χ4v) is 4.48. The Morgan fingerprint density at radius 1 is 0.971 bits per heavy atom. The Morgan fingerprint density at radius 2 is 1.56 bits per heavy atom. The second kappa shape index (κ2) is 8.88. The van der Waals surface area contributed by atoms with Crippen LogP contribution in [0, 0.1) is 0 Å². The number of hydrogen-bond donors (Lipinski definition) is 1. The van der Waals surface area contributed by atoms with Crippen molar-refractivity contribution in [2.45, 2.75) is 48.5 Å². The number of aryl methyl sites for hydroxylation is 1. The van der Waals surface area contributed by atoms with Crippen LogP contribution in [0.1, 0.15) is 29.5 Å². The minimum Gasteiger partial charge on any atom is -0.369 e. The van der Waals surface area contributed by atoms with Gasteiger partial charge in [0.15, 0.2) is 9.84 Å². The van der Waals surface area contributed by atoms with Crippen molar-refractivity contribution in [3.8, 4) is 0 Å². The summed E-state index contributed by atoms with van der Waals surface area (Å²) < 4.78 is 103. The van der Waals surface area contributed by atoms with Crippen molar-refractivity contribution < 1.29 is 44.7 Å². The minimum atomic E-state index is -6.00. The Balaban J connectivity index is 1.95. The van der Waals surface area contributed by atoms with E-state index < -0.39 is 39.3 Å². The summed E-state index contributed by atoms with van der Waals surface area (Å²) in [6, 6.07) is 7.79. The molecule has 1 N–H and O–H groups in total. The lowest BCUT2D eigenvalue weighted by Gasteiger charge is -2.33. The van der Waals surface area contributed by atoms with Crippen LogP contribution < -0.4 is 4.90 Å². The number of halogens is 6. The van der Waals surface area contributed by atoms with Gasteiger partial charge >= 0.3 is 12.4 Å². The molecule has 2 aromatic carbocycles. The first-order valence-electron chi connectivity index (χ1n) is 10.1. The van der Waals surface area contributed by atoms with Crippen molar-refractivity contribution >= 4 is 21.4 Å². The Hall–Kier alpha value is -2.60. The topological polar surface area (TPSA) is 74.7 Å². The van der Waals surface area contributed by atoms with E-state index in [-0.39, 0.29) is 35.5 Å². The quantitative estimate of drug-likeness (QED) is 0.624. The first kappa shape index (κ1) is 26.0. The van der Waals surface area contributed by atoms with Gasteiger partial charge in [-0.2, -0.15) is 26.3 Å². The first-order valence-corrected chi connectivity index (χ1v) is 12.0. The predicted octanol–water partition coefficient (Wildman–Crippen LogP) is 4.31. The zero-order chi connectivity index (χ0) is 25.5. The van der Waals surface area contributed by atoms with Gasteiger partial charge in [0.1, 0.15) is 0 Å². The maximum atomic E-state index is 13.3. The molecule has 0 spiro atoms. The number of aliphatic hydroxyl groups is 1. The number of carbonyl (C=O) groups excluding carboxylic acids is 1. The van der Waals surface area contributed by atoms with E-state index in [1.54, 1.807) is 0 Å². The van der Waals surface area contributed by atoms with Gasteiger partial charge in [-0.1, -0.05) is 24.3 Å². The zero-order valence-electron chi connectivity index (χ0n) is 17.9. The van der Waals surface area contributed by atoms with Crippen LogP contribution in [0.15, 0.2) is 47.4 Å². The third-order valence-electron chi connectivity index (χ3n) is 5.69. The fourth-order valence-electron chi connectivity index (χ4n) is 3.85. The van der Waals surface area contributed by atoms with E-state index in [0.29, 0.717) is 30.5 Å². The second-order valence-corrected chi connectivity index (χ2v) is 10.2. The third-order valence-corrected chi connectivity index (χ3v) is 6.82. The molecule has 0 bridgehead atoms. The smallest absolute Gasteiger partial charge is 0.369 e. The summed E-state index contributed by atoms with van der Waals surface area (Å²) in [6.45, 7) is 0.204. The monoisotopic (exact) mass is 509 g/mol. The average molecular weight is 509 g/mol. The van der Waals surface area contributed by atoms with Gasteiger partial charge in [-0.25, -0.2) is 8.42 Å². The van der Waals surface area contributed by atoms with Gasteiger partial charge in [0.25, 0.3) is 5.60 Å². The molecule has 2 aromatic rings. The molecule has 1 heterocycles. The number of benzene rings is 2. The van der Waals surface area contributed by atoms with Crippen LogP contribution >= 0.6 is 0 Å². The molecule has 0 unspecified atom stereocenters. The largest absolute Gasteiger partial charge is 0.430 e. The number of rotatable bonds is 4. The first-order chi connectivity index (χ1) is 15.6. The number of alkyl halides is 6. The summed E-state index contributed by atoms with van der Waals surface area (Å²) in [5.74, 6) is -0.454. The van der Waals surface area contributed by atoms with Crippen LogP contribution in [0.5, 0.6) is 0 Å². The van der Waals surface area contributed by atoms with Crippen molar-refractivity contribution in [3.63, 3.8) is 0 Å². The number of fused-ring (bicyclic) bond motifs is 1. The highest BCUT2D eigenvalue weighted by atomic mass is 32.2. The summed E-state index contributed by atoms with van der Waals surface area (Å²) >= 11 is 0. The van der Waals surface area contributed by atoms with Crippen LogP contribution in [0.3, 0.4) is 0 Å². The summed E-state index contributed by atoms with van der Waals surface area (Å²) in [5, 5.41) is 9.70. The highest BCUT2D eigenvalue weighted by Crippen LogP contribution is 2.50. The Bertz CT molecular complexity index is 1160. The lowest BCUT2D eigenvalue weighted by atomic mass is 9.89. The molecule has 186 valence electrons. The van der Waals surface area contributed by atoms with Crippen LogP contribution in [0.25, 0.3) is 0 Å². The predicted molar refractivity (Wildman–Crippen MR) is 111 cm³/mol. The maximum absolute atomic E-state index is 13.3. The van der Waals surface area contributed by atoms with E-state index in [2.05, 4.69) is 0 Å². The van der Waals surface area contributed by atoms with E-state index in [1.165, 1.54) is 29.2 Å². The Kier molecular flexibility index (Phi) is 6.79. The molecule has 3 rings (SSSR count). The van der Waals surface area contributed by atoms with Gasteiger partial charge in [-0.15, -0.1) is 0 Å². The Morgan fingerprint density at radius 3 is 2.09 bits per heavy atom. The molecule has 0 radical (unpaired) electrons. The summed E-state index contributed by atoms with van der Waals surface area (Å²) in [5.41, 5.74) is -5.66. The van der Waals surface area contributed by atoms with Gasteiger partial charge < -0.3 is 10.0 Å². The molecule has 0 aliphatic carbocycles. The highest BCUT2D eigenvalue weighted by Gasteiger charge is 2.71. The van der Waals surface area contributed by atoms with Crippen molar-refractivity contribution in [3.05, 3.63) is 59.2 Å². The molecular formula is C22H21F6NO4S. The van der Waals surface area contributed by atoms with Crippen LogP contribution in [-0.2, 0) is 33.1 Å². The van der Waals surface area contributed by atoms with Gasteiger partial charge in [-0.3, -0.25) is 4.79 Å². The van der Waals surface area contributed by atoms with Crippen LogP contribution in [0.4, 0.5) is 32.0 Å². The molecule has 0 aromatic heterocycles. The lowest BCUT2D eigenvalue weighted by Crippen LogP contribution is -2.54. The van der Waals surface area contributed by atoms with Crippen molar-refractivity contribution in [1.82, 2.24) is 0 Å². The number of carbonyl (C=O) groups is 1. The number of sulfone groups is 1. The molecule has 1 aliphatic heterocycles. The van der Waals surface area contributed by atoms with Gasteiger partial charge in [0.2, 0.25) is 5.91 Å². The minimum absolute atomic E-state index is 0.0677. The van der Waals surface area contributed by atoms with Gasteiger partial charge in [0, 0.05) is 24.1 Å². The standard InChI is InChI=1S/C22H21F6NO4S/c1-34(32,33)17-8-5-14(6-9-17)12-19(30)29-11-3-2-4-15-13-16(7-10-18(15)29)20(31,21(23,24)25)22(26,27)28/h5-10,13,31H,2-4,11-12H2,1H3. The average Bonchev–Trinajstić information content (AvgIpc) is 2.93. The molecule has 0 fully saturated rings. The van der Waals surface area contributed by atoms with Crippen LogP contribution in [-0.4, -0.2) is 44.6 Å². The maximum Gasteiger partial charge on any atom is 0.430 e. The molecular weight excluding hydrogens is 488 g/mol. The Labute approximate surface area is 191 Å². The number of anilines is 1. The number of hydrogen-bond acceptors (Lipinski definition) is 4. The molecule has 0 saturated carbocycles. The summed E-state index contributed by atoms with van der Waals surface area (Å²) in [7, 11) is -3.43. The SMILES string of the molecule is CS(=O)(=O)c1ccc(CC(=O)N2CCCCc3cc(C(O)(C(F)(F)F)C(F)(F)F)ccc32)cc1. The van der Waals surface area contributed by atoms with E-state index in [0.717, 1.165) is 12.3 Å². The van der Waals surface area contributed by atoms with E-state index in [9.17, 15) is 44.7 Å². The molecule has 5 nitrogen and oxygen atoms in total. The number of nitrogens with zero attached hydrogens (tertiary/aromatic N) is 1. The van der Waals surface area contributed by atoms with Gasteiger partial charge in [-0.05, 0) is 48.6 Å². The lowest BCUT2D eigenvalue weighted by molar-refractivity contribution is -0.376. The molecule has 1 aliphatic rings. The number of amides is 1. The van der Waals surface area contributed by atoms with E-state index in [4.69, 9.17) is 0 Å². The summed E-state index contributed by atoms with van der Waals surface area (Å²) in [4.78, 5) is 14.3. The van der Waals surface area contributed by atoms with E-state index >= 15 is 0 Å².